The molecular formula is C25H22ClN5O. The summed E-state index contributed by atoms with van der Waals surface area (Å²) in [5.41, 5.74) is 4.05. The van der Waals surface area contributed by atoms with Crippen LogP contribution in [-0.2, 0) is 13.0 Å². The maximum Gasteiger partial charge on any atom is 0.255 e. The third-order valence-electron chi connectivity index (χ3n) is 4.86. The first-order valence-corrected chi connectivity index (χ1v) is 10.6. The fraction of sp³-hybridized carbons (Fsp3) is 0.120. The SMILES string of the molecule is O=C(NCc1cccnc1)c1ccc(-c2ccc(Cl)cc2)nc1NCCc1ccccn1. The van der Waals surface area contributed by atoms with Crippen molar-refractivity contribution >= 4 is 23.3 Å². The third kappa shape index (κ3) is 5.68. The van der Waals surface area contributed by atoms with E-state index >= 15 is 0 Å². The number of hydrogen-bond acceptors (Lipinski definition) is 5. The van der Waals surface area contributed by atoms with Gasteiger partial charge >= 0.3 is 0 Å². The molecule has 1 amide bonds. The number of carbonyl (C=O) groups is 1. The number of amides is 1. The molecular weight excluding hydrogens is 422 g/mol. The molecule has 7 heteroatoms. The number of anilines is 1. The van der Waals surface area contributed by atoms with E-state index in [1.807, 2.05) is 60.7 Å². The molecule has 6 nitrogen and oxygen atoms in total. The second-order valence-corrected chi connectivity index (χ2v) is 7.58. The molecule has 0 saturated heterocycles. The van der Waals surface area contributed by atoms with E-state index in [9.17, 15) is 4.79 Å². The number of hydrogen-bond donors (Lipinski definition) is 2. The summed E-state index contributed by atoms with van der Waals surface area (Å²) in [6.07, 6.45) is 5.92. The Balaban J connectivity index is 1.54. The second kappa shape index (κ2) is 10.5. The van der Waals surface area contributed by atoms with Crippen molar-refractivity contribution in [2.75, 3.05) is 11.9 Å². The predicted octanol–water partition coefficient (Wildman–Crippen LogP) is 4.78. The topological polar surface area (TPSA) is 79.8 Å². The quantitative estimate of drug-likeness (QED) is 0.409. The number of nitrogens with one attached hydrogen (secondary N) is 2. The van der Waals surface area contributed by atoms with E-state index in [0.717, 1.165) is 22.5 Å². The lowest BCUT2D eigenvalue weighted by Crippen LogP contribution is -2.25. The minimum atomic E-state index is -0.204. The van der Waals surface area contributed by atoms with Gasteiger partial charge in [0, 0.05) is 54.4 Å². The van der Waals surface area contributed by atoms with Crippen LogP contribution < -0.4 is 10.6 Å². The van der Waals surface area contributed by atoms with Gasteiger partial charge in [0.1, 0.15) is 5.82 Å². The molecule has 160 valence electrons. The smallest absolute Gasteiger partial charge is 0.255 e. The van der Waals surface area contributed by atoms with Gasteiger partial charge in [0.2, 0.25) is 0 Å². The van der Waals surface area contributed by atoms with E-state index in [0.29, 0.717) is 35.9 Å². The van der Waals surface area contributed by atoms with E-state index in [4.69, 9.17) is 16.6 Å². The highest BCUT2D eigenvalue weighted by molar-refractivity contribution is 6.30. The van der Waals surface area contributed by atoms with Crippen molar-refractivity contribution < 1.29 is 4.79 Å². The lowest BCUT2D eigenvalue weighted by molar-refractivity contribution is 0.0951. The third-order valence-corrected chi connectivity index (χ3v) is 5.11. The Bertz CT molecular complexity index is 1170. The van der Waals surface area contributed by atoms with Gasteiger partial charge in [-0.3, -0.25) is 14.8 Å². The minimum Gasteiger partial charge on any atom is -0.369 e. The molecule has 0 radical (unpaired) electrons. The van der Waals surface area contributed by atoms with Crippen LogP contribution in [0.15, 0.2) is 85.3 Å². The van der Waals surface area contributed by atoms with Gasteiger partial charge in [-0.25, -0.2) is 4.98 Å². The van der Waals surface area contributed by atoms with E-state index in [1.54, 1.807) is 24.7 Å². The van der Waals surface area contributed by atoms with E-state index in [-0.39, 0.29) is 5.91 Å². The molecule has 0 saturated carbocycles. The van der Waals surface area contributed by atoms with E-state index in [1.165, 1.54) is 0 Å². The summed E-state index contributed by atoms with van der Waals surface area (Å²) in [7, 11) is 0. The summed E-state index contributed by atoms with van der Waals surface area (Å²) >= 11 is 6.01. The Morgan fingerprint density at radius 1 is 0.938 bits per heavy atom. The number of benzene rings is 1. The van der Waals surface area contributed by atoms with E-state index < -0.39 is 0 Å². The van der Waals surface area contributed by atoms with Crippen molar-refractivity contribution in [1.82, 2.24) is 20.3 Å². The molecule has 2 N–H and O–H groups in total. The van der Waals surface area contributed by atoms with Gasteiger partial charge in [-0.15, -0.1) is 0 Å². The largest absolute Gasteiger partial charge is 0.369 e. The van der Waals surface area contributed by atoms with Crippen molar-refractivity contribution in [2.45, 2.75) is 13.0 Å². The van der Waals surface area contributed by atoms with Crippen LogP contribution in [-0.4, -0.2) is 27.4 Å². The standard InChI is InChI=1S/C25H22ClN5O/c26-20-8-6-19(7-9-20)23-11-10-22(25(32)30-17-18-4-3-13-27-16-18)24(31-23)29-15-12-21-5-1-2-14-28-21/h1-11,13-14,16H,12,15,17H2,(H,29,31)(H,30,32). The highest BCUT2D eigenvalue weighted by Crippen LogP contribution is 2.23. The zero-order valence-corrected chi connectivity index (χ0v) is 18.1. The van der Waals surface area contributed by atoms with Crippen LogP contribution in [0.2, 0.25) is 5.02 Å². The molecule has 3 heterocycles. The molecule has 0 atom stereocenters. The lowest BCUT2D eigenvalue weighted by atomic mass is 10.1. The Kier molecular flexibility index (Phi) is 7.05. The molecule has 4 aromatic rings. The highest BCUT2D eigenvalue weighted by Gasteiger charge is 2.14. The number of pyridine rings is 3. The molecule has 0 bridgehead atoms. The Morgan fingerprint density at radius 2 is 1.81 bits per heavy atom. The van der Waals surface area contributed by atoms with Crippen LogP contribution in [0.5, 0.6) is 0 Å². The molecule has 0 aliphatic heterocycles. The normalized spacial score (nSPS) is 10.5. The van der Waals surface area contributed by atoms with Gasteiger partial charge in [0.05, 0.1) is 11.3 Å². The van der Waals surface area contributed by atoms with Gasteiger partial charge in [-0.05, 0) is 48.0 Å². The van der Waals surface area contributed by atoms with Crippen molar-refractivity contribution in [1.29, 1.82) is 0 Å². The molecule has 0 unspecified atom stereocenters. The summed E-state index contributed by atoms with van der Waals surface area (Å²) in [5.74, 6) is 0.321. The van der Waals surface area contributed by atoms with Crippen LogP contribution in [0.25, 0.3) is 11.3 Å². The summed E-state index contributed by atoms with van der Waals surface area (Å²) in [4.78, 5) is 26.1. The van der Waals surface area contributed by atoms with Crippen LogP contribution in [0.3, 0.4) is 0 Å². The number of carbonyl (C=O) groups excluding carboxylic acids is 1. The van der Waals surface area contributed by atoms with Crippen molar-refractivity contribution in [2.24, 2.45) is 0 Å². The Morgan fingerprint density at radius 3 is 2.56 bits per heavy atom. The first kappa shape index (κ1) is 21.5. The second-order valence-electron chi connectivity index (χ2n) is 7.14. The van der Waals surface area contributed by atoms with Crippen molar-refractivity contribution in [3.63, 3.8) is 0 Å². The van der Waals surface area contributed by atoms with Crippen molar-refractivity contribution in [3.05, 3.63) is 107 Å². The van der Waals surface area contributed by atoms with Crippen molar-refractivity contribution in [3.8, 4) is 11.3 Å². The molecule has 0 fully saturated rings. The van der Waals surface area contributed by atoms with Gasteiger partial charge in [-0.2, -0.15) is 0 Å². The van der Waals surface area contributed by atoms with Gasteiger partial charge < -0.3 is 10.6 Å². The zero-order valence-electron chi connectivity index (χ0n) is 17.3. The summed E-state index contributed by atoms with van der Waals surface area (Å²) in [6, 6.07) is 20.7. The fourth-order valence-electron chi connectivity index (χ4n) is 3.19. The molecule has 0 aliphatic carbocycles. The molecule has 32 heavy (non-hydrogen) atoms. The first-order chi connectivity index (χ1) is 15.7. The van der Waals surface area contributed by atoms with Gasteiger partial charge in [0.25, 0.3) is 5.91 Å². The van der Waals surface area contributed by atoms with Crippen LogP contribution in [0, 0.1) is 0 Å². The molecule has 4 rings (SSSR count). The summed E-state index contributed by atoms with van der Waals surface area (Å²) in [5, 5.41) is 6.91. The minimum absolute atomic E-state index is 0.204. The summed E-state index contributed by atoms with van der Waals surface area (Å²) in [6.45, 7) is 0.982. The number of aromatic nitrogens is 3. The summed E-state index contributed by atoms with van der Waals surface area (Å²) < 4.78 is 0. The molecule has 1 aromatic carbocycles. The number of rotatable bonds is 8. The molecule has 0 spiro atoms. The van der Waals surface area contributed by atoms with E-state index in [2.05, 4.69) is 20.6 Å². The monoisotopic (exact) mass is 443 g/mol. The number of nitrogens with zero attached hydrogens (tertiary/aromatic N) is 3. The predicted molar refractivity (Wildman–Crippen MR) is 127 cm³/mol. The maximum atomic E-state index is 12.9. The molecule has 0 aliphatic rings. The molecule has 3 aromatic heterocycles. The van der Waals surface area contributed by atoms with Crippen LogP contribution >= 0.6 is 11.6 Å². The zero-order chi connectivity index (χ0) is 22.2. The first-order valence-electron chi connectivity index (χ1n) is 10.3. The number of halogens is 1. The average Bonchev–Trinajstić information content (AvgIpc) is 2.84. The maximum absolute atomic E-state index is 12.9. The van der Waals surface area contributed by atoms with Gasteiger partial charge in [0.15, 0.2) is 0 Å². The fourth-order valence-corrected chi connectivity index (χ4v) is 3.32. The van der Waals surface area contributed by atoms with Crippen LogP contribution in [0.1, 0.15) is 21.6 Å². The lowest BCUT2D eigenvalue weighted by Gasteiger charge is -2.13. The Hall–Kier alpha value is -3.77. The van der Waals surface area contributed by atoms with Gasteiger partial charge in [-0.1, -0.05) is 35.9 Å². The highest BCUT2D eigenvalue weighted by atomic mass is 35.5. The average molecular weight is 444 g/mol. The Labute approximate surface area is 191 Å². The van der Waals surface area contributed by atoms with Crippen LogP contribution in [0.4, 0.5) is 5.82 Å².